The Morgan fingerprint density at radius 2 is 0.712 bits per heavy atom. The summed E-state index contributed by atoms with van der Waals surface area (Å²) in [7, 11) is 0. The lowest BCUT2D eigenvalue weighted by molar-refractivity contribution is 0.660. The van der Waals surface area contributed by atoms with Gasteiger partial charge in [-0.15, -0.1) is 0 Å². The molecule has 3 aliphatic rings. The molecule has 3 aliphatic carbocycles. The molecule has 2 heteroatoms. The maximum absolute atomic E-state index is 9.63. The summed E-state index contributed by atoms with van der Waals surface area (Å²) in [5.41, 5.74) is 20.0. The van der Waals surface area contributed by atoms with Crippen LogP contribution in [0.1, 0.15) is 52.7 Å². The lowest BCUT2D eigenvalue weighted by Crippen LogP contribution is -2.26. The van der Waals surface area contributed by atoms with Gasteiger partial charge in [0.05, 0.1) is 16.6 Å². The summed E-state index contributed by atoms with van der Waals surface area (Å²) < 4.78 is 36.9. The smallest absolute Gasteiger partial charge is 0.0727 e. The van der Waals surface area contributed by atoms with Crippen LogP contribution in [0.25, 0.3) is 44.5 Å². The van der Waals surface area contributed by atoms with E-state index in [2.05, 4.69) is 176 Å². The Hall–Kier alpha value is -8.20. The molecule has 13 rings (SSSR count). The van der Waals surface area contributed by atoms with Crippen LogP contribution in [-0.2, 0) is 10.8 Å². The summed E-state index contributed by atoms with van der Waals surface area (Å²) in [5.74, 6) is 0. The van der Waals surface area contributed by atoms with E-state index in [0.717, 1.165) is 45.1 Å². The predicted molar refractivity (Wildman–Crippen MR) is 275 cm³/mol. The molecule has 1 spiro atoms. The standard InChI is InChI=1S/C64H46N2/c1-63(2)56-30-16-12-27-50(56)53-37-34-46(40-59(53)63)65(44-22-8-4-9-23-44)47-35-38-54-51-28-13-17-31-57(51)64(60(54)41-47)58-32-18-14-29-52(58)55-39-36-48(42-61(55)64)66(45-24-10-5-11-25-45)62-33-19-15-26-49(62)43-20-6-3-7-21-43/h3-42H,1-2H3/i15D,19D,26D,33D. The lowest BCUT2D eigenvalue weighted by atomic mass is 9.70. The van der Waals surface area contributed by atoms with Crippen molar-refractivity contribution in [1.82, 2.24) is 0 Å². The summed E-state index contributed by atoms with van der Waals surface area (Å²) in [6.45, 7) is 4.67. The molecule has 0 saturated carbocycles. The number of benzene rings is 10. The van der Waals surface area contributed by atoms with Crippen LogP contribution in [0, 0.1) is 0 Å². The van der Waals surface area contributed by atoms with Gasteiger partial charge in [0.1, 0.15) is 0 Å². The zero-order valence-electron chi connectivity index (χ0n) is 40.7. The van der Waals surface area contributed by atoms with Gasteiger partial charge < -0.3 is 9.80 Å². The van der Waals surface area contributed by atoms with Crippen LogP contribution < -0.4 is 9.80 Å². The van der Waals surface area contributed by atoms with Gasteiger partial charge in [-0.25, -0.2) is 0 Å². The third kappa shape index (κ3) is 5.48. The summed E-state index contributed by atoms with van der Waals surface area (Å²) in [4.78, 5) is 4.43. The second-order valence-electron chi connectivity index (χ2n) is 18.1. The van der Waals surface area contributed by atoms with Gasteiger partial charge in [-0.3, -0.25) is 0 Å². The number of anilines is 6. The van der Waals surface area contributed by atoms with Gasteiger partial charge in [0, 0.05) is 39.4 Å². The first-order valence-electron chi connectivity index (χ1n) is 24.8. The maximum Gasteiger partial charge on any atom is 0.0727 e. The second kappa shape index (κ2) is 14.7. The average Bonchev–Trinajstić information content (AvgIpc) is 3.96. The molecule has 0 aromatic heterocycles. The van der Waals surface area contributed by atoms with E-state index < -0.39 is 5.41 Å². The van der Waals surface area contributed by atoms with E-state index >= 15 is 0 Å². The van der Waals surface area contributed by atoms with Crippen molar-refractivity contribution in [3.8, 4) is 44.5 Å². The Balaban J connectivity index is 1.07. The van der Waals surface area contributed by atoms with Crippen LogP contribution in [-0.4, -0.2) is 0 Å². The normalized spacial score (nSPS) is 16.2. The van der Waals surface area contributed by atoms with Crippen LogP contribution >= 0.6 is 0 Å². The minimum Gasteiger partial charge on any atom is -0.310 e. The predicted octanol–water partition coefficient (Wildman–Crippen LogP) is 16.9. The van der Waals surface area contributed by atoms with Gasteiger partial charge in [0.2, 0.25) is 0 Å². The molecule has 0 N–H and O–H groups in total. The molecule has 0 aliphatic heterocycles. The highest BCUT2D eigenvalue weighted by Gasteiger charge is 2.52. The van der Waals surface area contributed by atoms with Crippen LogP contribution in [0.3, 0.4) is 0 Å². The van der Waals surface area contributed by atoms with Crippen molar-refractivity contribution in [1.29, 1.82) is 0 Å². The van der Waals surface area contributed by atoms with Gasteiger partial charge in [-0.05, 0) is 139 Å². The number of rotatable bonds is 7. The van der Waals surface area contributed by atoms with E-state index in [9.17, 15) is 2.74 Å². The molecule has 0 radical (unpaired) electrons. The van der Waals surface area contributed by atoms with Crippen molar-refractivity contribution < 1.29 is 5.48 Å². The Morgan fingerprint density at radius 1 is 0.318 bits per heavy atom. The quantitative estimate of drug-likeness (QED) is 0.158. The first-order chi connectivity index (χ1) is 34.2. The zero-order chi connectivity index (χ0) is 47.5. The summed E-state index contributed by atoms with van der Waals surface area (Å²) in [6, 6.07) is 76.5. The summed E-state index contributed by atoms with van der Waals surface area (Å²) >= 11 is 0. The van der Waals surface area contributed by atoms with E-state index in [1.165, 1.54) is 50.1 Å². The third-order valence-electron chi connectivity index (χ3n) is 14.4. The zero-order valence-corrected chi connectivity index (χ0v) is 36.7. The molecule has 0 saturated heterocycles. The minimum absolute atomic E-state index is 0.0845. The Kier molecular flexibility index (Phi) is 7.61. The number of hydrogen-bond donors (Lipinski definition) is 0. The number of fused-ring (bicyclic) bond motifs is 13. The Labute approximate surface area is 393 Å². The highest BCUT2D eigenvalue weighted by molar-refractivity contribution is 5.98. The molecule has 10 aromatic rings. The fraction of sp³-hybridized carbons (Fsp3) is 0.0625. The van der Waals surface area contributed by atoms with Crippen molar-refractivity contribution in [3.05, 3.63) is 276 Å². The fourth-order valence-electron chi connectivity index (χ4n) is 11.5. The van der Waals surface area contributed by atoms with Gasteiger partial charge in [-0.1, -0.05) is 190 Å². The van der Waals surface area contributed by atoms with Gasteiger partial charge in [-0.2, -0.15) is 0 Å². The summed E-state index contributed by atoms with van der Waals surface area (Å²) in [5, 5.41) is 0. The van der Waals surface area contributed by atoms with Crippen molar-refractivity contribution >= 4 is 34.1 Å². The molecule has 0 amide bonds. The minimum atomic E-state index is -0.742. The summed E-state index contributed by atoms with van der Waals surface area (Å²) in [6.07, 6.45) is 0. The van der Waals surface area contributed by atoms with Crippen molar-refractivity contribution in [3.63, 3.8) is 0 Å². The fourth-order valence-corrected chi connectivity index (χ4v) is 11.5. The Bertz CT molecular complexity index is 3740. The van der Waals surface area contributed by atoms with E-state index in [1.54, 1.807) is 0 Å². The molecule has 0 fully saturated rings. The van der Waals surface area contributed by atoms with Crippen LogP contribution in [0.5, 0.6) is 0 Å². The first-order valence-corrected chi connectivity index (χ1v) is 22.8. The van der Waals surface area contributed by atoms with Gasteiger partial charge in [0.25, 0.3) is 0 Å². The Morgan fingerprint density at radius 3 is 1.27 bits per heavy atom. The largest absolute Gasteiger partial charge is 0.310 e. The molecule has 66 heavy (non-hydrogen) atoms. The number of hydrogen-bond acceptors (Lipinski definition) is 2. The third-order valence-corrected chi connectivity index (χ3v) is 14.4. The second-order valence-corrected chi connectivity index (χ2v) is 18.1. The number of nitrogens with zero attached hydrogens (tertiary/aromatic N) is 2. The first kappa shape index (κ1) is 34.2. The maximum atomic E-state index is 9.63. The van der Waals surface area contributed by atoms with Crippen LogP contribution in [0.4, 0.5) is 34.1 Å². The molecule has 312 valence electrons. The van der Waals surface area contributed by atoms with Crippen molar-refractivity contribution in [2.45, 2.75) is 24.7 Å². The molecule has 1 unspecified atom stereocenters. The molecule has 0 heterocycles. The van der Waals surface area contributed by atoms with Crippen molar-refractivity contribution in [2.75, 3.05) is 9.80 Å². The molecule has 0 bridgehead atoms. The SMILES string of the molecule is [2H]c1c([2H])c([2H])c(N(c2ccccc2)c2ccc3c(c2)C2(c4ccccc4-c4ccc(N(c5ccccc5)c5ccc6c(c5)C(C)(C)c5ccccc5-6)cc42)c2ccccc2-3)c(-c2ccccc2)c1[2H]. The molecule has 1 atom stereocenters. The number of para-hydroxylation sites is 3. The van der Waals surface area contributed by atoms with Crippen molar-refractivity contribution in [2.24, 2.45) is 0 Å². The molecule has 2 nitrogen and oxygen atoms in total. The average molecular weight is 847 g/mol. The van der Waals surface area contributed by atoms with Gasteiger partial charge >= 0.3 is 0 Å². The molecular weight excluding hydrogens is 797 g/mol. The van der Waals surface area contributed by atoms with Gasteiger partial charge in [0.15, 0.2) is 0 Å². The lowest BCUT2D eigenvalue weighted by Gasteiger charge is -2.34. The highest BCUT2D eigenvalue weighted by atomic mass is 15.1. The van der Waals surface area contributed by atoms with Crippen LogP contribution in [0.15, 0.2) is 243 Å². The molecule has 10 aromatic carbocycles. The van der Waals surface area contributed by atoms with E-state index in [0.29, 0.717) is 16.8 Å². The van der Waals surface area contributed by atoms with E-state index in [-0.39, 0.29) is 29.6 Å². The molecular formula is C64H46N2. The highest BCUT2D eigenvalue weighted by Crippen LogP contribution is 2.64. The monoisotopic (exact) mass is 846 g/mol. The topological polar surface area (TPSA) is 6.48 Å². The van der Waals surface area contributed by atoms with E-state index in [1.807, 2.05) is 65.6 Å². The van der Waals surface area contributed by atoms with Crippen LogP contribution in [0.2, 0.25) is 0 Å². The van der Waals surface area contributed by atoms with E-state index in [4.69, 9.17) is 2.74 Å².